The van der Waals surface area contributed by atoms with Gasteiger partial charge < -0.3 is 21.3 Å². The molecule has 62 valence electrons. The summed E-state index contributed by atoms with van der Waals surface area (Å²) in [6.07, 6.45) is 0.113. The van der Waals surface area contributed by atoms with Crippen LogP contribution in [0, 0.1) is 0 Å². The van der Waals surface area contributed by atoms with Crippen molar-refractivity contribution >= 4 is 0 Å². The van der Waals surface area contributed by atoms with Gasteiger partial charge in [0, 0.05) is 0 Å². The molecule has 0 fully saturated rings. The Bertz CT molecular complexity index is 91.7. The minimum absolute atomic E-state index is 0.203. The molecule has 0 spiro atoms. The number of hydrogen-bond acceptors (Lipinski definition) is 4. The molecule has 0 aromatic heterocycles. The predicted octanol–water partition coefficient (Wildman–Crippen LogP) is -0.635. The maximum Gasteiger partial charge on any atom is 0.141 e. The van der Waals surface area contributed by atoms with E-state index in [9.17, 15) is 0 Å². The average Bonchev–Trinajstić information content (AvgIpc) is 1.87. The van der Waals surface area contributed by atoms with Crippen molar-refractivity contribution in [1.29, 1.82) is 0 Å². The highest BCUT2D eigenvalue weighted by molar-refractivity contribution is 4.69. The average molecular weight is 148 g/mol. The lowest BCUT2D eigenvalue weighted by molar-refractivity contribution is -0.110. The molecule has 0 saturated carbocycles. The number of rotatable bonds is 4. The topological polar surface area (TPSA) is 81.5 Å². The van der Waals surface area contributed by atoms with Gasteiger partial charge in [0.2, 0.25) is 0 Å². The van der Waals surface area contributed by atoms with Crippen molar-refractivity contribution in [3.05, 3.63) is 0 Å². The van der Waals surface area contributed by atoms with Crippen molar-refractivity contribution in [1.82, 2.24) is 0 Å². The Kier molecular flexibility index (Phi) is 3.81. The zero-order valence-corrected chi connectivity index (χ0v) is 6.50. The summed E-state index contributed by atoms with van der Waals surface area (Å²) in [5.74, 6) is 0. The fraction of sp³-hybridized carbons (Fsp3) is 1.00. The van der Waals surface area contributed by atoms with Crippen LogP contribution < -0.4 is 11.5 Å². The normalized spacial score (nSPS) is 20.1. The van der Waals surface area contributed by atoms with Gasteiger partial charge in [-0.05, 0) is 13.3 Å². The van der Waals surface area contributed by atoms with Crippen molar-refractivity contribution in [2.24, 2.45) is 11.5 Å². The second kappa shape index (κ2) is 3.88. The van der Waals surface area contributed by atoms with Crippen molar-refractivity contribution in [2.45, 2.75) is 32.2 Å². The third kappa shape index (κ3) is 3.12. The summed E-state index contributed by atoms with van der Waals surface area (Å²) in [7, 11) is 0. The van der Waals surface area contributed by atoms with Gasteiger partial charge in [-0.3, -0.25) is 0 Å². The number of ether oxygens (including phenoxy) is 1. The van der Waals surface area contributed by atoms with Crippen LogP contribution in [0.4, 0.5) is 0 Å². The van der Waals surface area contributed by atoms with Gasteiger partial charge in [-0.25, -0.2) is 0 Å². The molecule has 0 aliphatic heterocycles. The Morgan fingerprint density at radius 3 is 2.30 bits per heavy atom. The summed E-state index contributed by atoms with van der Waals surface area (Å²) >= 11 is 0. The lowest BCUT2D eigenvalue weighted by Crippen LogP contribution is -2.49. The summed E-state index contributed by atoms with van der Waals surface area (Å²) in [6, 6.07) is 0. The molecule has 2 atom stereocenters. The highest BCUT2D eigenvalue weighted by atomic mass is 16.5. The fourth-order valence-electron chi connectivity index (χ4n) is 0.603. The lowest BCUT2D eigenvalue weighted by Gasteiger charge is -2.27. The zero-order valence-electron chi connectivity index (χ0n) is 6.50. The molecule has 0 radical (unpaired) electrons. The quantitative estimate of drug-likeness (QED) is 0.463. The van der Waals surface area contributed by atoms with Crippen molar-refractivity contribution in [3.63, 3.8) is 0 Å². The molecule has 0 aromatic rings. The first-order chi connectivity index (χ1) is 4.54. The Balaban J connectivity index is 3.80. The Labute approximate surface area is 61.2 Å². The Morgan fingerprint density at radius 2 is 2.20 bits per heavy atom. The van der Waals surface area contributed by atoms with Crippen LogP contribution in [0.15, 0.2) is 0 Å². The molecular formula is C6H16N2O2. The van der Waals surface area contributed by atoms with E-state index in [0.29, 0.717) is 6.42 Å². The smallest absolute Gasteiger partial charge is 0.141 e. The first-order valence-electron chi connectivity index (χ1n) is 3.37. The van der Waals surface area contributed by atoms with Crippen molar-refractivity contribution in [2.75, 3.05) is 6.61 Å². The zero-order chi connectivity index (χ0) is 8.20. The third-order valence-corrected chi connectivity index (χ3v) is 1.29. The van der Waals surface area contributed by atoms with E-state index >= 15 is 0 Å². The highest BCUT2D eigenvalue weighted by Crippen LogP contribution is 2.07. The molecule has 10 heavy (non-hydrogen) atoms. The largest absolute Gasteiger partial charge is 0.392 e. The van der Waals surface area contributed by atoms with Gasteiger partial charge in [-0.2, -0.15) is 0 Å². The minimum atomic E-state index is -0.964. The van der Waals surface area contributed by atoms with Crippen LogP contribution in [0.1, 0.15) is 20.3 Å². The molecule has 0 saturated heterocycles. The van der Waals surface area contributed by atoms with Gasteiger partial charge in [0.15, 0.2) is 0 Å². The second-order valence-corrected chi connectivity index (χ2v) is 2.40. The molecule has 5 N–H and O–H groups in total. The van der Waals surface area contributed by atoms with E-state index in [1.807, 2.05) is 6.92 Å². The third-order valence-electron chi connectivity index (χ3n) is 1.29. The Hall–Kier alpha value is -0.160. The molecule has 0 aliphatic rings. The molecule has 0 bridgehead atoms. The fourth-order valence-corrected chi connectivity index (χ4v) is 0.603. The molecule has 2 unspecified atom stereocenters. The van der Waals surface area contributed by atoms with Crippen LogP contribution in [0.5, 0.6) is 0 Å². The molecule has 0 rings (SSSR count). The van der Waals surface area contributed by atoms with E-state index in [1.165, 1.54) is 0 Å². The molecule has 4 heteroatoms. The highest BCUT2D eigenvalue weighted by Gasteiger charge is 2.23. The van der Waals surface area contributed by atoms with Crippen LogP contribution in [-0.4, -0.2) is 23.7 Å². The van der Waals surface area contributed by atoms with E-state index in [1.54, 1.807) is 6.92 Å². The summed E-state index contributed by atoms with van der Waals surface area (Å²) < 4.78 is 5.04. The SMILES string of the molecule is CCC(N)(CO)OC(C)N. The van der Waals surface area contributed by atoms with Gasteiger partial charge in [-0.1, -0.05) is 6.92 Å². The van der Waals surface area contributed by atoms with Crippen molar-refractivity contribution < 1.29 is 9.84 Å². The van der Waals surface area contributed by atoms with Crippen LogP contribution in [-0.2, 0) is 4.74 Å². The van der Waals surface area contributed by atoms with Gasteiger partial charge >= 0.3 is 0 Å². The summed E-state index contributed by atoms with van der Waals surface area (Å²) in [5.41, 5.74) is 9.90. The minimum Gasteiger partial charge on any atom is -0.392 e. The predicted molar refractivity (Wildman–Crippen MR) is 39.0 cm³/mol. The van der Waals surface area contributed by atoms with Gasteiger partial charge in [-0.15, -0.1) is 0 Å². The van der Waals surface area contributed by atoms with Crippen LogP contribution in [0.2, 0.25) is 0 Å². The maximum absolute atomic E-state index is 8.73. The van der Waals surface area contributed by atoms with E-state index in [2.05, 4.69) is 0 Å². The number of nitrogens with two attached hydrogens (primary N) is 2. The van der Waals surface area contributed by atoms with E-state index in [4.69, 9.17) is 21.3 Å². The van der Waals surface area contributed by atoms with Gasteiger partial charge in [0.05, 0.1) is 6.61 Å². The summed E-state index contributed by atoms with van der Waals surface area (Å²) in [4.78, 5) is 0. The lowest BCUT2D eigenvalue weighted by atomic mass is 10.2. The molecule has 4 nitrogen and oxygen atoms in total. The van der Waals surface area contributed by atoms with Crippen molar-refractivity contribution in [3.8, 4) is 0 Å². The van der Waals surface area contributed by atoms with E-state index in [0.717, 1.165) is 0 Å². The molecule has 0 aliphatic carbocycles. The summed E-state index contributed by atoms with van der Waals surface area (Å²) in [6.45, 7) is 3.30. The van der Waals surface area contributed by atoms with Crippen LogP contribution >= 0.6 is 0 Å². The first kappa shape index (κ1) is 9.84. The molecule has 0 heterocycles. The van der Waals surface area contributed by atoms with Gasteiger partial charge in [0.1, 0.15) is 12.0 Å². The van der Waals surface area contributed by atoms with Crippen LogP contribution in [0.25, 0.3) is 0 Å². The van der Waals surface area contributed by atoms with E-state index < -0.39 is 12.0 Å². The number of aliphatic hydroxyl groups is 1. The number of aliphatic hydroxyl groups excluding tert-OH is 1. The monoisotopic (exact) mass is 148 g/mol. The number of hydrogen-bond donors (Lipinski definition) is 3. The van der Waals surface area contributed by atoms with Crippen LogP contribution in [0.3, 0.4) is 0 Å². The summed E-state index contributed by atoms with van der Waals surface area (Å²) in [5, 5.41) is 8.73. The Morgan fingerprint density at radius 1 is 1.70 bits per heavy atom. The molecular weight excluding hydrogens is 132 g/mol. The van der Waals surface area contributed by atoms with Gasteiger partial charge in [0.25, 0.3) is 0 Å². The molecule has 0 aromatic carbocycles. The second-order valence-electron chi connectivity index (χ2n) is 2.40. The standard InChI is InChI=1S/C6H16N2O2/c1-3-6(8,4-9)10-5(2)7/h5,9H,3-4,7-8H2,1-2H3. The first-order valence-corrected chi connectivity index (χ1v) is 3.37. The molecule has 0 amide bonds. The van der Waals surface area contributed by atoms with E-state index in [-0.39, 0.29) is 6.61 Å². The maximum atomic E-state index is 8.73.